The molecule has 0 bridgehead atoms. The SMILES string of the molecule is CN1C(=O)C(NC(=O)c2ccn3nccc3c2)N=C(c2ccccc2F)c2ccccc21. The maximum absolute atomic E-state index is 14.7. The zero-order valence-corrected chi connectivity index (χ0v) is 17.1. The van der Waals surface area contributed by atoms with Gasteiger partial charge in [0.1, 0.15) is 5.82 Å². The van der Waals surface area contributed by atoms with E-state index in [1.807, 2.05) is 0 Å². The Morgan fingerprint density at radius 1 is 1.03 bits per heavy atom. The first-order valence-electron chi connectivity index (χ1n) is 9.97. The van der Waals surface area contributed by atoms with E-state index in [1.165, 1.54) is 11.0 Å². The fourth-order valence-electron chi connectivity index (χ4n) is 3.75. The molecule has 2 aromatic heterocycles. The number of rotatable bonds is 3. The fraction of sp³-hybridized carbons (Fsp3) is 0.0833. The van der Waals surface area contributed by atoms with E-state index in [4.69, 9.17) is 0 Å². The van der Waals surface area contributed by atoms with Crippen molar-refractivity contribution in [2.45, 2.75) is 6.17 Å². The third kappa shape index (κ3) is 3.31. The van der Waals surface area contributed by atoms with Gasteiger partial charge in [-0.15, -0.1) is 0 Å². The molecule has 0 spiro atoms. The number of carbonyl (C=O) groups is 2. The first-order chi connectivity index (χ1) is 15.5. The highest BCUT2D eigenvalue weighted by molar-refractivity contribution is 6.20. The second-order valence-corrected chi connectivity index (χ2v) is 7.36. The van der Waals surface area contributed by atoms with Crippen LogP contribution in [0.2, 0.25) is 0 Å². The molecule has 158 valence electrons. The average Bonchev–Trinajstić information content (AvgIpc) is 3.26. The summed E-state index contributed by atoms with van der Waals surface area (Å²) in [6.45, 7) is 0. The van der Waals surface area contributed by atoms with E-state index < -0.39 is 23.8 Å². The third-order valence-electron chi connectivity index (χ3n) is 5.40. The summed E-state index contributed by atoms with van der Waals surface area (Å²) in [5, 5.41) is 6.81. The Balaban J connectivity index is 1.58. The zero-order chi connectivity index (χ0) is 22.2. The van der Waals surface area contributed by atoms with Crippen molar-refractivity contribution in [1.82, 2.24) is 14.9 Å². The number of aliphatic imine (C=N–C) groups is 1. The molecular weight excluding hydrogens is 409 g/mol. The van der Waals surface area contributed by atoms with E-state index >= 15 is 0 Å². The van der Waals surface area contributed by atoms with Crippen LogP contribution in [-0.4, -0.2) is 40.4 Å². The van der Waals surface area contributed by atoms with Crippen LogP contribution in [0.3, 0.4) is 0 Å². The Kier molecular flexibility index (Phi) is 4.74. The summed E-state index contributed by atoms with van der Waals surface area (Å²) in [7, 11) is 1.61. The highest BCUT2D eigenvalue weighted by atomic mass is 19.1. The molecule has 5 rings (SSSR count). The van der Waals surface area contributed by atoms with E-state index in [2.05, 4.69) is 15.4 Å². The van der Waals surface area contributed by atoms with E-state index in [0.29, 0.717) is 22.5 Å². The van der Waals surface area contributed by atoms with E-state index in [1.54, 1.807) is 84.6 Å². The lowest BCUT2D eigenvalue weighted by Crippen LogP contribution is -2.46. The largest absolute Gasteiger partial charge is 0.322 e. The van der Waals surface area contributed by atoms with Crippen LogP contribution >= 0.6 is 0 Å². The monoisotopic (exact) mass is 427 g/mol. The quantitative estimate of drug-likeness (QED) is 0.546. The molecule has 7 nitrogen and oxygen atoms in total. The molecular formula is C24H18FN5O2. The summed E-state index contributed by atoms with van der Waals surface area (Å²) in [6.07, 6.45) is 2.06. The van der Waals surface area contributed by atoms with E-state index in [0.717, 1.165) is 5.52 Å². The predicted octanol–water partition coefficient (Wildman–Crippen LogP) is 3.04. The number of hydrogen-bond acceptors (Lipinski definition) is 4. The van der Waals surface area contributed by atoms with Gasteiger partial charge in [0, 0.05) is 36.1 Å². The Labute approximate surface area is 182 Å². The second-order valence-electron chi connectivity index (χ2n) is 7.36. The molecule has 32 heavy (non-hydrogen) atoms. The molecule has 8 heteroatoms. The van der Waals surface area contributed by atoms with Gasteiger partial charge in [0.15, 0.2) is 0 Å². The minimum atomic E-state index is -1.23. The molecule has 1 atom stereocenters. The minimum absolute atomic E-state index is 0.253. The number of aromatic nitrogens is 2. The lowest BCUT2D eigenvalue weighted by Gasteiger charge is -2.20. The number of benzodiazepines with no additional fused rings is 1. The topological polar surface area (TPSA) is 79.1 Å². The maximum atomic E-state index is 14.7. The van der Waals surface area contributed by atoms with Crippen LogP contribution in [0.1, 0.15) is 21.5 Å². The molecule has 4 aromatic rings. The Morgan fingerprint density at radius 2 is 1.78 bits per heavy atom. The number of halogens is 1. The van der Waals surface area contributed by atoms with Gasteiger partial charge >= 0.3 is 0 Å². The average molecular weight is 427 g/mol. The van der Waals surface area contributed by atoms with Crippen LogP contribution in [0.5, 0.6) is 0 Å². The summed E-state index contributed by atoms with van der Waals surface area (Å²) >= 11 is 0. The maximum Gasteiger partial charge on any atom is 0.272 e. The molecule has 0 saturated carbocycles. The van der Waals surface area contributed by atoms with Crippen LogP contribution in [0, 0.1) is 5.82 Å². The Hall–Kier alpha value is -4.33. The van der Waals surface area contributed by atoms with Gasteiger partial charge in [0.2, 0.25) is 6.17 Å². The van der Waals surface area contributed by atoms with Crippen molar-refractivity contribution in [3.8, 4) is 0 Å². The fourth-order valence-corrected chi connectivity index (χ4v) is 3.75. The molecule has 0 saturated heterocycles. The lowest BCUT2D eigenvalue weighted by atomic mass is 10.00. The van der Waals surface area contributed by atoms with Gasteiger partial charge in [-0.1, -0.05) is 30.3 Å². The zero-order valence-electron chi connectivity index (χ0n) is 17.1. The van der Waals surface area contributed by atoms with Crippen molar-refractivity contribution in [3.05, 3.63) is 102 Å². The number of hydrogen-bond donors (Lipinski definition) is 1. The van der Waals surface area contributed by atoms with E-state index in [9.17, 15) is 14.0 Å². The molecule has 1 unspecified atom stereocenters. The number of amides is 2. The lowest BCUT2D eigenvalue weighted by molar-refractivity contribution is -0.119. The molecule has 1 N–H and O–H groups in total. The van der Waals surface area contributed by atoms with Crippen LogP contribution in [0.4, 0.5) is 10.1 Å². The first kappa shape index (κ1) is 19.6. The molecule has 0 aliphatic carbocycles. The summed E-state index contributed by atoms with van der Waals surface area (Å²) in [4.78, 5) is 32.1. The molecule has 0 fully saturated rings. The number of anilines is 1. The Bertz CT molecular complexity index is 1390. The first-order valence-corrected chi connectivity index (χ1v) is 9.97. The van der Waals surface area contributed by atoms with Gasteiger partial charge in [-0.25, -0.2) is 13.9 Å². The van der Waals surface area contributed by atoms with Crippen LogP contribution < -0.4 is 10.2 Å². The number of likely N-dealkylation sites (N-methyl/N-ethyl adjacent to an activating group) is 1. The van der Waals surface area contributed by atoms with Gasteiger partial charge in [-0.2, -0.15) is 5.10 Å². The van der Waals surface area contributed by atoms with Crippen molar-refractivity contribution < 1.29 is 14.0 Å². The van der Waals surface area contributed by atoms with Crippen LogP contribution in [0.15, 0.2) is 84.1 Å². The summed E-state index contributed by atoms with van der Waals surface area (Å²) in [6, 6.07) is 18.4. The van der Waals surface area contributed by atoms with Gasteiger partial charge in [-0.05, 0) is 36.4 Å². The van der Waals surface area contributed by atoms with Crippen LogP contribution in [-0.2, 0) is 4.79 Å². The number of nitrogens with one attached hydrogen (secondary N) is 1. The third-order valence-corrected chi connectivity index (χ3v) is 5.40. The van der Waals surface area contributed by atoms with Crippen LogP contribution in [0.25, 0.3) is 5.52 Å². The number of carbonyl (C=O) groups excluding carboxylic acids is 2. The summed E-state index contributed by atoms with van der Waals surface area (Å²) < 4.78 is 16.3. The van der Waals surface area contributed by atoms with E-state index in [-0.39, 0.29) is 5.56 Å². The van der Waals surface area contributed by atoms with Crippen molar-refractivity contribution >= 4 is 28.7 Å². The minimum Gasteiger partial charge on any atom is -0.322 e. The molecule has 1 aliphatic rings. The molecule has 3 heterocycles. The highest BCUT2D eigenvalue weighted by Gasteiger charge is 2.31. The van der Waals surface area contributed by atoms with Crippen molar-refractivity contribution in [2.75, 3.05) is 11.9 Å². The second kappa shape index (κ2) is 7.73. The number of para-hydroxylation sites is 1. The number of pyridine rings is 1. The number of fused-ring (bicyclic) bond motifs is 2. The molecule has 2 aromatic carbocycles. The van der Waals surface area contributed by atoms with Crippen molar-refractivity contribution in [3.63, 3.8) is 0 Å². The number of nitrogens with zero attached hydrogens (tertiary/aromatic N) is 4. The molecule has 1 aliphatic heterocycles. The number of benzene rings is 2. The summed E-state index contributed by atoms with van der Waals surface area (Å²) in [5.41, 5.74) is 2.83. The smallest absolute Gasteiger partial charge is 0.272 e. The van der Waals surface area contributed by atoms with Crippen molar-refractivity contribution in [2.24, 2.45) is 4.99 Å². The normalized spacial score (nSPS) is 15.8. The summed E-state index contributed by atoms with van der Waals surface area (Å²) in [5.74, 6) is -1.36. The predicted molar refractivity (Wildman–Crippen MR) is 118 cm³/mol. The molecule has 0 radical (unpaired) electrons. The van der Waals surface area contributed by atoms with Gasteiger partial charge in [0.05, 0.1) is 16.9 Å². The highest BCUT2D eigenvalue weighted by Crippen LogP contribution is 2.28. The van der Waals surface area contributed by atoms with Gasteiger partial charge in [0.25, 0.3) is 11.8 Å². The van der Waals surface area contributed by atoms with Gasteiger partial charge in [-0.3, -0.25) is 9.59 Å². The standard InChI is InChI=1S/C24H18FN5O2/c1-29-20-9-5-3-7-18(20)21(17-6-2-4-8-19(17)25)27-22(24(29)32)28-23(31)15-11-13-30-16(14-15)10-12-26-30/h2-14,22H,1H3,(H,28,31). The van der Waals surface area contributed by atoms with Crippen molar-refractivity contribution in [1.29, 1.82) is 0 Å². The molecule has 2 amide bonds. The van der Waals surface area contributed by atoms with Gasteiger partial charge < -0.3 is 10.2 Å². The Morgan fingerprint density at radius 3 is 2.59 bits per heavy atom.